The first kappa shape index (κ1) is 10.0. The van der Waals surface area contributed by atoms with Gasteiger partial charge in [-0.2, -0.15) is 0 Å². The molecule has 74 valence electrons. The highest BCUT2D eigenvalue weighted by Gasteiger charge is 1.93. The summed E-state index contributed by atoms with van der Waals surface area (Å²) < 4.78 is 0. The molecule has 0 aliphatic rings. The molecule has 5 heteroatoms. The first-order chi connectivity index (χ1) is 6.58. The molecule has 0 radical (unpaired) electrons. The van der Waals surface area contributed by atoms with E-state index >= 15 is 0 Å². The van der Waals surface area contributed by atoms with Gasteiger partial charge in [0.15, 0.2) is 0 Å². The first-order valence-corrected chi connectivity index (χ1v) is 4.06. The van der Waals surface area contributed by atoms with E-state index in [0.717, 1.165) is 0 Å². The highest BCUT2D eigenvalue weighted by atomic mass is 16.1. The van der Waals surface area contributed by atoms with Gasteiger partial charge in [0.25, 0.3) is 0 Å². The van der Waals surface area contributed by atoms with Crippen LogP contribution in [0.4, 0.5) is 5.69 Å². The first-order valence-electron chi connectivity index (χ1n) is 4.06. The van der Waals surface area contributed by atoms with E-state index in [1.165, 1.54) is 18.3 Å². The normalized spacial score (nSPS) is 11.1. The molecule has 5 nitrogen and oxygen atoms in total. The Morgan fingerprint density at radius 2 is 2.43 bits per heavy atom. The van der Waals surface area contributed by atoms with Crippen LogP contribution >= 0.6 is 0 Å². The molecule has 0 spiro atoms. The summed E-state index contributed by atoms with van der Waals surface area (Å²) >= 11 is 0. The second-order valence-corrected chi connectivity index (χ2v) is 2.85. The quantitative estimate of drug-likeness (QED) is 0.529. The number of nitrogens with one attached hydrogen (secondary N) is 3. The van der Waals surface area contributed by atoms with Gasteiger partial charge in [0.2, 0.25) is 5.56 Å². The van der Waals surface area contributed by atoms with Gasteiger partial charge in [-0.25, -0.2) is 0 Å². The van der Waals surface area contributed by atoms with Crippen LogP contribution in [0, 0.1) is 5.41 Å². The molecule has 0 amide bonds. The van der Waals surface area contributed by atoms with Gasteiger partial charge < -0.3 is 21.4 Å². The summed E-state index contributed by atoms with van der Waals surface area (Å²) in [5.74, 6) is 0.336. The van der Waals surface area contributed by atoms with Crippen molar-refractivity contribution in [3.05, 3.63) is 40.6 Å². The Hall–Kier alpha value is -2.04. The number of anilines is 1. The minimum atomic E-state index is -0.200. The van der Waals surface area contributed by atoms with Crippen molar-refractivity contribution in [3.63, 3.8) is 0 Å². The number of hydrogen-bond donors (Lipinski definition) is 4. The zero-order chi connectivity index (χ0) is 10.6. The van der Waals surface area contributed by atoms with Crippen LogP contribution in [0.3, 0.4) is 0 Å². The van der Waals surface area contributed by atoms with E-state index in [-0.39, 0.29) is 5.56 Å². The fourth-order valence-corrected chi connectivity index (χ4v) is 0.958. The smallest absolute Gasteiger partial charge is 0.249 e. The van der Waals surface area contributed by atoms with E-state index in [2.05, 4.69) is 10.3 Å². The molecule has 0 aliphatic heterocycles. The molecule has 0 aliphatic carbocycles. The summed E-state index contributed by atoms with van der Waals surface area (Å²) in [7, 11) is 0. The van der Waals surface area contributed by atoms with Crippen molar-refractivity contribution in [2.45, 2.75) is 6.92 Å². The van der Waals surface area contributed by atoms with Crippen LogP contribution in [-0.4, -0.2) is 10.7 Å². The largest absolute Gasteiger partial charge is 0.385 e. The molecular weight excluding hydrogens is 180 g/mol. The Balaban J connectivity index is 2.79. The molecule has 0 atom stereocenters. The third-order valence-corrected chi connectivity index (χ3v) is 1.44. The monoisotopic (exact) mass is 192 g/mol. The van der Waals surface area contributed by atoms with Gasteiger partial charge in [0, 0.05) is 23.7 Å². The summed E-state index contributed by atoms with van der Waals surface area (Å²) in [6.45, 7) is 1.62. The maximum atomic E-state index is 10.9. The Bertz CT molecular complexity index is 419. The number of nitrogens with two attached hydrogens (primary N) is 1. The van der Waals surface area contributed by atoms with E-state index in [9.17, 15) is 4.79 Å². The summed E-state index contributed by atoms with van der Waals surface area (Å²) in [6, 6.07) is 3.07. The topological polar surface area (TPSA) is 94.8 Å². The average Bonchev–Trinajstić information content (AvgIpc) is 2.01. The van der Waals surface area contributed by atoms with Crippen LogP contribution in [0.1, 0.15) is 6.92 Å². The highest BCUT2D eigenvalue weighted by Crippen LogP contribution is 2.02. The number of pyridine rings is 1. The molecular formula is C9H12N4O. The zero-order valence-electron chi connectivity index (χ0n) is 7.79. The number of hydrogen-bond acceptors (Lipinski definition) is 4. The lowest BCUT2D eigenvalue weighted by molar-refractivity contribution is 1.22. The molecule has 1 aromatic heterocycles. The Labute approximate surface area is 81.2 Å². The van der Waals surface area contributed by atoms with Crippen LogP contribution in [0.25, 0.3) is 0 Å². The van der Waals surface area contributed by atoms with Gasteiger partial charge >= 0.3 is 0 Å². The maximum Gasteiger partial charge on any atom is 0.249 e. The molecule has 14 heavy (non-hydrogen) atoms. The predicted molar refractivity (Wildman–Crippen MR) is 56.4 cm³/mol. The van der Waals surface area contributed by atoms with Crippen LogP contribution in [-0.2, 0) is 0 Å². The van der Waals surface area contributed by atoms with Crippen LogP contribution in [0.5, 0.6) is 0 Å². The maximum absolute atomic E-state index is 10.9. The molecule has 1 rings (SSSR count). The van der Waals surface area contributed by atoms with Crippen molar-refractivity contribution < 1.29 is 0 Å². The number of H-pyrrole nitrogens is 1. The van der Waals surface area contributed by atoms with Gasteiger partial charge in [-0.3, -0.25) is 4.79 Å². The van der Waals surface area contributed by atoms with Gasteiger partial charge in [-0.1, -0.05) is 0 Å². The van der Waals surface area contributed by atoms with E-state index < -0.39 is 0 Å². The fraction of sp³-hybridized carbons (Fsp3) is 0.111. The van der Waals surface area contributed by atoms with E-state index in [0.29, 0.717) is 17.2 Å². The number of rotatable bonds is 3. The van der Waals surface area contributed by atoms with Crippen molar-refractivity contribution in [2.24, 2.45) is 5.73 Å². The van der Waals surface area contributed by atoms with E-state index in [1.54, 1.807) is 13.0 Å². The lowest BCUT2D eigenvalue weighted by atomic mass is 10.3. The lowest BCUT2D eigenvalue weighted by Crippen LogP contribution is -2.12. The molecule has 0 saturated heterocycles. The predicted octanol–water partition coefficient (Wildman–Crippen LogP) is 0.627. The molecule has 1 heterocycles. The Kier molecular flexibility index (Phi) is 3.06. The lowest BCUT2D eigenvalue weighted by Gasteiger charge is -2.04. The molecule has 0 aromatic carbocycles. The van der Waals surface area contributed by atoms with Crippen LogP contribution in [0.15, 0.2) is 35.0 Å². The van der Waals surface area contributed by atoms with E-state index in [1.807, 2.05) is 0 Å². The molecule has 0 fully saturated rings. The number of aromatic amines is 1. The van der Waals surface area contributed by atoms with Crippen molar-refractivity contribution in [2.75, 3.05) is 5.32 Å². The summed E-state index contributed by atoms with van der Waals surface area (Å²) in [5, 5.41) is 9.96. The van der Waals surface area contributed by atoms with Crippen LogP contribution < -0.4 is 16.6 Å². The van der Waals surface area contributed by atoms with Crippen molar-refractivity contribution >= 4 is 11.4 Å². The minimum absolute atomic E-state index is 0.200. The minimum Gasteiger partial charge on any atom is -0.385 e. The Morgan fingerprint density at radius 3 is 3.00 bits per heavy atom. The fourth-order valence-electron chi connectivity index (χ4n) is 0.958. The number of aromatic nitrogens is 1. The molecule has 0 saturated carbocycles. The molecule has 1 aromatic rings. The summed E-state index contributed by atoms with van der Waals surface area (Å²) in [4.78, 5) is 13.4. The van der Waals surface area contributed by atoms with Crippen molar-refractivity contribution in [3.8, 4) is 0 Å². The summed E-state index contributed by atoms with van der Waals surface area (Å²) in [6.07, 6.45) is 3.00. The second-order valence-electron chi connectivity index (χ2n) is 2.85. The Morgan fingerprint density at radius 1 is 1.71 bits per heavy atom. The standard InChI is InChI=1S/C9H12N4O/c1-6(10)4-8(11)13-7-2-3-12-9(14)5-7/h2-5,10H,11H2,1H3,(H2,12,13,14)/b8-4-,10-6?. The average molecular weight is 192 g/mol. The summed E-state index contributed by atoms with van der Waals surface area (Å²) in [5.41, 5.74) is 6.30. The van der Waals surface area contributed by atoms with Crippen molar-refractivity contribution in [1.29, 1.82) is 5.41 Å². The zero-order valence-corrected chi connectivity index (χ0v) is 7.79. The third-order valence-electron chi connectivity index (χ3n) is 1.44. The van der Waals surface area contributed by atoms with Crippen LogP contribution in [0.2, 0.25) is 0 Å². The van der Waals surface area contributed by atoms with Gasteiger partial charge in [-0.15, -0.1) is 0 Å². The number of allylic oxidation sites excluding steroid dienone is 1. The SMILES string of the molecule is CC(=N)/C=C(/N)Nc1cc[nH]c(=O)c1. The van der Waals surface area contributed by atoms with Gasteiger partial charge in [0.05, 0.1) is 0 Å². The molecule has 0 bridgehead atoms. The second kappa shape index (κ2) is 4.27. The van der Waals surface area contributed by atoms with Crippen molar-refractivity contribution in [1.82, 2.24) is 4.98 Å². The molecule has 5 N–H and O–H groups in total. The van der Waals surface area contributed by atoms with Gasteiger partial charge in [0.1, 0.15) is 5.82 Å². The third kappa shape index (κ3) is 3.14. The molecule has 0 unspecified atom stereocenters. The van der Waals surface area contributed by atoms with Gasteiger partial charge in [-0.05, 0) is 19.1 Å². The van der Waals surface area contributed by atoms with E-state index in [4.69, 9.17) is 11.1 Å². The highest BCUT2D eigenvalue weighted by molar-refractivity contribution is 5.90.